The van der Waals surface area contributed by atoms with Gasteiger partial charge in [-0.25, -0.2) is 14.6 Å². The van der Waals surface area contributed by atoms with Crippen LogP contribution in [0.5, 0.6) is 0 Å². The zero-order chi connectivity index (χ0) is 28.2. The first-order chi connectivity index (χ1) is 20.0. The Labute approximate surface area is 247 Å². The Kier molecular flexibility index (Phi) is 7.90. The molecule has 6 aromatic rings. The van der Waals surface area contributed by atoms with Crippen molar-refractivity contribution < 1.29 is 4.79 Å². The fourth-order valence-electron chi connectivity index (χ4n) is 4.19. The molecule has 0 fully saturated rings. The molecular weight excluding hydrogens is 578 g/mol. The van der Waals surface area contributed by atoms with Gasteiger partial charge in [0.2, 0.25) is 5.91 Å². The van der Waals surface area contributed by atoms with Crippen molar-refractivity contribution >= 4 is 56.6 Å². The standard InChI is InChI=1S/C29H22ClN7O2S2/c30-21-11-12-23-24(13-21)32-29(37(27(23)39)14-19-7-3-1-4-8-19)41-17-22-15-36(35-34-22)16-26(38)33-28-31-25(18-40-28)20-9-5-2-6-10-20/h1-13,15,18H,14,16-17H2,(H,31,33,38). The fourth-order valence-corrected chi connectivity index (χ4v) is 5.97. The zero-order valence-corrected chi connectivity index (χ0v) is 23.9. The molecule has 204 valence electrons. The van der Waals surface area contributed by atoms with Crippen LogP contribution in [0.3, 0.4) is 0 Å². The number of nitrogens with one attached hydrogen (secondary N) is 1. The lowest BCUT2D eigenvalue weighted by Crippen LogP contribution is -2.24. The first-order valence-electron chi connectivity index (χ1n) is 12.6. The summed E-state index contributed by atoms with van der Waals surface area (Å²) in [6, 6.07) is 24.6. The van der Waals surface area contributed by atoms with E-state index in [0.29, 0.717) is 44.2 Å². The summed E-state index contributed by atoms with van der Waals surface area (Å²) in [5.74, 6) is 0.148. The Bertz CT molecular complexity index is 1890. The molecule has 0 aliphatic carbocycles. The normalized spacial score (nSPS) is 11.1. The van der Waals surface area contributed by atoms with Gasteiger partial charge in [0.15, 0.2) is 10.3 Å². The predicted molar refractivity (Wildman–Crippen MR) is 162 cm³/mol. The summed E-state index contributed by atoms with van der Waals surface area (Å²) in [4.78, 5) is 35.3. The van der Waals surface area contributed by atoms with E-state index in [-0.39, 0.29) is 18.0 Å². The van der Waals surface area contributed by atoms with Crippen LogP contribution in [0.15, 0.2) is 100 Å². The van der Waals surface area contributed by atoms with E-state index < -0.39 is 0 Å². The van der Waals surface area contributed by atoms with Crippen molar-refractivity contribution in [2.45, 2.75) is 24.0 Å². The highest BCUT2D eigenvalue weighted by Gasteiger charge is 2.15. The van der Waals surface area contributed by atoms with Crippen molar-refractivity contribution in [1.29, 1.82) is 0 Å². The molecule has 1 N–H and O–H groups in total. The number of carbonyl (C=O) groups excluding carboxylic acids is 1. The summed E-state index contributed by atoms with van der Waals surface area (Å²) < 4.78 is 3.13. The highest BCUT2D eigenvalue weighted by atomic mass is 35.5. The average molecular weight is 600 g/mol. The molecule has 1 amide bonds. The minimum absolute atomic E-state index is 0.0106. The molecular formula is C29H22ClN7O2S2. The molecule has 9 nitrogen and oxygen atoms in total. The summed E-state index contributed by atoms with van der Waals surface area (Å²) in [7, 11) is 0. The van der Waals surface area contributed by atoms with Crippen LogP contribution >= 0.6 is 34.7 Å². The molecule has 12 heteroatoms. The summed E-state index contributed by atoms with van der Waals surface area (Å²) in [5.41, 5.74) is 3.82. The number of fused-ring (bicyclic) bond motifs is 1. The smallest absolute Gasteiger partial charge is 0.262 e. The molecule has 0 aliphatic heterocycles. The average Bonchev–Trinajstić information content (AvgIpc) is 3.64. The van der Waals surface area contributed by atoms with E-state index in [1.165, 1.54) is 27.8 Å². The Morgan fingerprint density at radius 3 is 2.59 bits per heavy atom. The van der Waals surface area contributed by atoms with E-state index >= 15 is 0 Å². The summed E-state index contributed by atoms with van der Waals surface area (Å²) in [5, 5.41) is 15.1. The van der Waals surface area contributed by atoms with Crippen molar-refractivity contribution in [1.82, 2.24) is 29.5 Å². The second kappa shape index (κ2) is 12.0. The lowest BCUT2D eigenvalue weighted by molar-refractivity contribution is -0.116. The number of hydrogen-bond donors (Lipinski definition) is 1. The number of nitrogens with zero attached hydrogens (tertiary/aromatic N) is 6. The first kappa shape index (κ1) is 26.9. The molecule has 0 unspecified atom stereocenters. The number of halogens is 1. The Morgan fingerprint density at radius 2 is 1.78 bits per heavy atom. The van der Waals surface area contributed by atoms with Crippen LogP contribution in [0, 0.1) is 0 Å². The third-order valence-electron chi connectivity index (χ3n) is 6.13. The summed E-state index contributed by atoms with van der Waals surface area (Å²) >= 11 is 8.92. The Hall–Kier alpha value is -4.32. The molecule has 3 aromatic heterocycles. The van der Waals surface area contributed by atoms with Crippen molar-refractivity contribution in [2.75, 3.05) is 5.32 Å². The quantitative estimate of drug-likeness (QED) is 0.167. The van der Waals surface area contributed by atoms with Gasteiger partial charge < -0.3 is 5.32 Å². The highest BCUT2D eigenvalue weighted by Crippen LogP contribution is 2.25. The molecule has 0 saturated carbocycles. The van der Waals surface area contributed by atoms with Crippen LogP contribution in [0.1, 0.15) is 11.3 Å². The van der Waals surface area contributed by atoms with Crippen LogP contribution in [0.4, 0.5) is 5.13 Å². The van der Waals surface area contributed by atoms with Gasteiger partial charge in [-0.15, -0.1) is 16.4 Å². The van der Waals surface area contributed by atoms with Crippen LogP contribution in [0.25, 0.3) is 22.2 Å². The number of thioether (sulfide) groups is 1. The van der Waals surface area contributed by atoms with E-state index in [2.05, 4.69) is 20.6 Å². The van der Waals surface area contributed by atoms with Gasteiger partial charge >= 0.3 is 0 Å². The Balaban J connectivity index is 1.15. The molecule has 0 aliphatic rings. The fraction of sp³-hybridized carbons (Fsp3) is 0.103. The molecule has 6 rings (SSSR count). The molecule has 41 heavy (non-hydrogen) atoms. The van der Waals surface area contributed by atoms with Crippen LogP contribution in [-0.4, -0.2) is 35.4 Å². The minimum atomic E-state index is -0.257. The Morgan fingerprint density at radius 1 is 1.00 bits per heavy atom. The van der Waals surface area contributed by atoms with Crippen molar-refractivity contribution in [3.63, 3.8) is 0 Å². The van der Waals surface area contributed by atoms with Gasteiger partial charge in [0.05, 0.1) is 28.8 Å². The second-order valence-electron chi connectivity index (χ2n) is 9.08. The number of rotatable bonds is 9. The zero-order valence-electron chi connectivity index (χ0n) is 21.5. The maximum absolute atomic E-state index is 13.4. The number of thiazole rings is 1. The second-order valence-corrected chi connectivity index (χ2v) is 11.3. The van der Waals surface area contributed by atoms with Gasteiger partial charge in [0.25, 0.3) is 5.56 Å². The predicted octanol–water partition coefficient (Wildman–Crippen LogP) is 5.74. The number of aromatic nitrogens is 6. The largest absolute Gasteiger partial charge is 0.300 e. The maximum Gasteiger partial charge on any atom is 0.262 e. The number of amides is 1. The number of anilines is 1. The summed E-state index contributed by atoms with van der Waals surface area (Å²) in [6.45, 7) is 0.368. The van der Waals surface area contributed by atoms with Gasteiger partial charge in [-0.2, -0.15) is 0 Å². The van der Waals surface area contributed by atoms with Gasteiger partial charge in [0.1, 0.15) is 6.54 Å². The van der Waals surface area contributed by atoms with Crippen LogP contribution in [-0.2, 0) is 23.6 Å². The maximum atomic E-state index is 13.4. The van der Waals surface area contributed by atoms with Crippen molar-refractivity contribution in [2.24, 2.45) is 0 Å². The van der Waals surface area contributed by atoms with E-state index in [9.17, 15) is 9.59 Å². The van der Waals surface area contributed by atoms with E-state index in [1.54, 1.807) is 29.0 Å². The SMILES string of the molecule is O=C(Cn1cc(CSc2nc3cc(Cl)ccc3c(=O)n2Cc2ccccc2)nn1)Nc1nc(-c2ccccc2)cs1. The van der Waals surface area contributed by atoms with Gasteiger partial charge in [-0.1, -0.05) is 89.2 Å². The number of hydrogen-bond acceptors (Lipinski definition) is 8. The van der Waals surface area contributed by atoms with E-state index in [4.69, 9.17) is 16.6 Å². The van der Waals surface area contributed by atoms with Crippen molar-refractivity contribution in [3.05, 3.63) is 117 Å². The van der Waals surface area contributed by atoms with Crippen LogP contribution in [0.2, 0.25) is 5.02 Å². The third kappa shape index (κ3) is 6.37. The molecule has 0 radical (unpaired) electrons. The number of benzene rings is 3. The molecule has 0 atom stereocenters. The third-order valence-corrected chi connectivity index (χ3v) is 8.13. The molecule has 0 saturated heterocycles. The van der Waals surface area contributed by atoms with Gasteiger partial charge in [-0.3, -0.25) is 14.2 Å². The number of carbonyl (C=O) groups is 1. The molecule has 0 spiro atoms. The highest BCUT2D eigenvalue weighted by molar-refractivity contribution is 7.98. The molecule has 3 heterocycles. The lowest BCUT2D eigenvalue weighted by Gasteiger charge is -2.13. The monoisotopic (exact) mass is 599 g/mol. The first-order valence-corrected chi connectivity index (χ1v) is 14.8. The molecule has 3 aromatic carbocycles. The van der Waals surface area contributed by atoms with Crippen LogP contribution < -0.4 is 10.9 Å². The van der Waals surface area contributed by atoms with Gasteiger partial charge in [-0.05, 0) is 23.8 Å². The van der Waals surface area contributed by atoms with Gasteiger partial charge in [0, 0.05) is 27.9 Å². The van der Waals surface area contributed by atoms with Crippen molar-refractivity contribution in [3.8, 4) is 11.3 Å². The van der Waals surface area contributed by atoms with E-state index in [0.717, 1.165) is 16.8 Å². The van der Waals surface area contributed by atoms with E-state index in [1.807, 2.05) is 66.0 Å². The minimum Gasteiger partial charge on any atom is -0.300 e. The molecule has 0 bridgehead atoms. The lowest BCUT2D eigenvalue weighted by atomic mass is 10.2. The topological polar surface area (TPSA) is 108 Å². The summed E-state index contributed by atoms with van der Waals surface area (Å²) in [6.07, 6.45) is 1.71.